The lowest BCUT2D eigenvalue weighted by atomic mass is 10.2. The Kier molecular flexibility index (Phi) is 3.34. The summed E-state index contributed by atoms with van der Waals surface area (Å²) in [5, 5.41) is 7.64. The predicted molar refractivity (Wildman–Crippen MR) is 56.0 cm³/mol. The highest BCUT2D eigenvalue weighted by molar-refractivity contribution is 5.39. The van der Waals surface area contributed by atoms with Gasteiger partial charge in [-0.3, -0.25) is 4.68 Å². The van der Waals surface area contributed by atoms with Gasteiger partial charge < -0.3 is 5.32 Å². The van der Waals surface area contributed by atoms with E-state index in [-0.39, 0.29) is 0 Å². The number of rotatable bonds is 4. The molecular weight excluding hydrogens is 162 g/mol. The van der Waals surface area contributed by atoms with Crippen molar-refractivity contribution < 1.29 is 0 Å². The fourth-order valence-electron chi connectivity index (χ4n) is 1.08. The third-order valence-electron chi connectivity index (χ3n) is 2.16. The summed E-state index contributed by atoms with van der Waals surface area (Å²) in [4.78, 5) is 0. The molecule has 1 heterocycles. The second kappa shape index (κ2) is 4.30. The van der Waals surface area contributed by atoms with Crippen LogP contribution in [0.15, 0.2) is 12.4 Å². The standard InChI is InChI=1S/C10H19N3/c1-5-9(4)12-10-6-11-13(7-10)8(2)3/h6-9,12H,5H2,1-4H3. The highest BCUT2D eigenvalue weighted by Gasteiger charge is 2.03. The van der Waals surface area contributed by atoms with Gasteiger partial charge in [0.1, 0.15) is 0 Å². The van der Waals surface area contributed by atoms with Crippen molar-refractivity contribution in [3.8, 4) is 0 Å². The van der Waals surface area contributed by atoms with Gasteiger partial charge in [0, 0.05) is 18.3 Å². The Morgan fingerprint density at radius 2 is 2.15 bits per heavy atom. The Hall–Kier alpha value is -0.990. The maximum atomic E-state index is 4.26. The summed E-state index contributed by atoms with van der Waals surface area (Å²) >= 11 is 0. The number of nitrogens with one attached hydrogen (secondary N) is 1. The summed E-state index contributed by atoms with van der Waals surface area (Å²) in [6.07, 6.45) is 5.07. The van der Waals surface area contributed by atoms with Crippen LogP contribution >= 0.6 is 0 Å². The summed E-state index contributed by atoms with van der Waals surface area (Å²) < 4.78 is 1.96. The molecule has 0 aliphatic carbocycles. The van der Waals surface area contributed by atoms with Crippen LogP contribution in [0.3, 0.4) is 0 Å². The van der Waals surface area contributed by atoms with E-state index in [1.165, 1.54) is 0 Å². The van der Waals surface area contributed by atoms with Gasteiger partial charge in [-0.15, -0.1) is 0 Å². The van der Waals surface area contributed by atoms with Crippen molar-refractivity contribution in [1.29, 1.82) is 0 Å². The molecule has 0 aromatic carbocycles. The smallest absolute Gasteiger partial charge is 0.0728 e. The third kappa shape index (κ3) is 2.76. The Balaban J connectivity index is 2.58. The molecule has 74 valence electrons. The monoisotopic (exact) mass is 181 g/mol. The van der Waals surface area contributed by atoms with E-state index < -0.39 is 0 Å². The summed E-state index contributed by atoms with van der Waals surface area (Å²) in [5.74, 6) is 0. The first-order valence-electron chi connectivity index (χ1n) is 4.94. The van der Waals surface area contributed by atoms with Crippen LogP contribution in [0, 0.1) is 0 Å². The molecular formula is C10H19N3. The van der Waals surface area contributed by atoms with E-state index in [0.717, 1.165) is 12.1 Å². The lowest BCUT2D eigenvalue weighted by Gasteiger charge is -2.10. The molecule has 1 atom stereocenters. The molecule has 1 rings (SSSR count). The molecule has 0 bridgehead atoms. The molecule has 0 saturated carbocycles. The average molecular weight is 181 g/mol. The second-order valence-corrected chi connectivity index (χ2v) is 3.76. The van der Waals surface area contributed by atoms with Crippen LogP contribution in [0.25, 0.3) is 0 Å². The van der Waals surface area contributed by atoms with Crippen LogP contribution in [0.4, 0.5) is 5.69 Å². The molecule has 1 aromatic rings. The van der Waals surface area contributed by atoms with E-state index in [2.05, 4.69) is 44.3 Å². The van der Waals surface area contributed by atoms with Crippen LogP contribution in [0.1, 0.15) is 40.2 Å². The Morgan fingerprint density at radius 1 is 1.46 bits per heavy atom. The average Bonchev–Trinajstić information content (AvgIpc) is 2.52. The minimum Gasteiger partial charge on any atom is -0.380 e. The van der Waals surface area contributed by atoms with Crippen molar-refractivity contribution in [2.75, 3.05) is 5.32 Å². The minimum absolute atomic E-state index is 0.437. The molecule has 0 amide bonds. The maximum Gasteiger partial charge on any atom is 0.0728 e. The zero-order valence-corrected chi connectivity index (χ0v) is 8.91. The highest BCUT2D eigenvalue weighted by atomic mass is 15.3. The van der Waals surface area contributed by atoms with E-state index >= 15 is 0 Å². The van der Waals surface area contributed by atoms with Crippen molar-refractivity contribution in [3.05, 3.63) is 12.4 Å². The molecule has 0 aliphatic heterocycles. The van der Waals surface area contributed by atoms with Gasteiger partial charge in [-0.25, -0.2) is 0 Å². The molecule has 1 N–H and O–H groups in total. The van der Waals surface area contributed by atoms with Gasteiger partial charge in [-0.1, -0.05) is 6.92 Å². The Labute approximate surface area is 80.1 Å². The summed E-state index contributed by atoms with van der Waals surface area (Å²) in [6, 6.07) is 0.956. The molecule has 1 aromatic heterocycles. The van der Waals surface area contributed by atoms with Crippen molar-refractivity contribution in [2.24, 2.45) is 0 Å². The van der Waals surface area contributed by atoms with Gasteiger partial charge in [0.2, 0.25) is 0 Å². The van der Waals surface area contributed by atoms with Gasteiger partial charge in [0.25, 0.3) is 0 Å². The highest BCUT2D eigenvalue weighted by Crippen LogP contribution is 2.11. The molecule has 0 radical (unpaired) electrons. The lowest BCUT2D eigenvalue weighted by molar-refractivity contribution is 0.532. The minimum atomic E-state index is 0.437. The van der Waals surface area contributed by atoms with Crippen molar-refractivity contribution in [1.82, 2.24) is 9.78 Å². The predicted octanol–water partition coefficient (Wildman–Crippen LogP) is 2.67. The van der Waals surface area contributed by atoms with Gasteiger partial charge >= 0.3 is 0 Å². The fourth-order valence-corrected chi connectivity index (χ4v) is 1.08. The van der Waals surface area contributed by atoms with Gasteiger partial charge in [0.05, 0.1) is 11.9 Å². The molecule has 3 nitrogen and oxygen atoms in total. The Morgan fingerprint density at radius 3 is 2.62 bits per heavy atom. The maximum absolute atomic E-state index is 4.26. The largest absolute Gasteiger partial charge is 0.380 e. The van der Waals surface area contributed by atoms with Crippen LogP contribution < -0.4 is 5.32 Å². The van der Waals surface area contributed by atoms with E-state index in [9.17, 15) is 0 Å². The molecule has 0 spiro atoms. The lowest BCUT2D eigenvalue weighted by Crippen LogP contribution is -2.12. The zero-order chi connectivity index (χ0) is 9.84. The van der Waals surface area contributed by atoms with E-state index in [1.54, 1.807) is 0 Å². The molecule has 0 fully saturated rings. The Bertz CT molecular complexity index is 252. The van der Waals surface area contributed by atoms with Crippen molar-refractivity contribution in [2.45, 2.75) is 46.2 Å². The first-order valence-corrected chi connectivity index (χ1v) is 4.94. The van der Waals surface area contributed by atoms with Gasteiger partial charge in [-0.2, -0.15) is 5.10 Å². The van der Waals surface area contributed by atoms with Crippen molar-refractivity contribution in [3.63, 3.8) is 0 Å². The van der Waals surface area contributed by atoms with E-state index in [4.69, 9.17) is 0 Å². The number of hydrogen-bond donors (Lipinski definition) is 1. The quantitative estimate of drug-likeness (QED) is 0.774. The topological polar surface area (TPSA) is 29.9 Å². The van der Waals surface area contributed by atoms with Gasteiger partial charge in [0.15, 0.2) is 0 Å². The number of anilines is 1. The summed E-state index contributed by atoms with van der Waals surface area (Å²) in [5.41, 5.74) is 1.11. The fraction of sp³-hybridized carbons (Fsp3) is 0.700. The molecule has 13 heavy (non-hydrogen) atoms. The summed E-state index contributed by atoms with van der Waals surface area (Å²) in [6.45, 7) is 8.59. The van der Waals surface area contributed by atoms with Crippen LogP contribution in [0.2, 0.25) is 0 Å². The summed E-state index contributed by atoms with van der Waals surface area (Å²) in [7, 11) is 0. The number of aromatic nitrogens is 2. The number of nitrogens with zero attached hydrogens (tertiary/aromatic N) is 2. The second-order valence-electron chi connectivity index (χ2n) is 3.76. The SMILES string of the molecule is CCC(C)Nc1cnn(C(C)C)c1. The van der Waals surface area contributed by atoms with E-state index in [1.807, 2.05) is 10.9 Å². The first kappa shape index (κ1) is 10.1. The van der Waals surface area contributed by atoms with Crippen molar-refractivity contribution >= 4 is 5.69 Å². The zero-order valence-electron chi connectivity index (χ0n) is 8.91. The van der Waals surface area contributed by atoms with Gasteiger partial charge in [-0.05, 0) is 27.2 Å². The molecule has 0 aliphatic rings. The van der Waals surface area contributed by atoms with Crippen LogP contribution in [-0.4, -0.2) is 15.8 Å². The molecule has 1 unspecified atom stereocenters. The normalized spacial score (nSPS) is 13.3. The number of hydrogen-bond acceptors (Lipinski definition) is 2. The first-order chi connectivity index (χ1) is 6.13. The van der Waals surface area contributed by atoms with Crippen LogP contribution in [-0.2, 0) is 0 Å². The third-order valence-corrected chi connectivity index (χ3v) is 2.16. The molecule has 3 heteroatoms. The van der Waals surface area contributed by atoms with Crippen LogP contribution in [0.5, 0.6) is 0 Å². The molecule has 0 saturated heterocycles. The van der Waals surface area contributed by atoms with E-state index in [0.29, 0.717) is 12.1 Å².